The number of esters is 1. The first-order valence-electron chi connectivity index (χ1n) is 6.33. The van der Waals surface area contributed by atoms with Gasteiger partial charge in [0.15, 0.2) is 0 Å². The summed E-state index contributed by atoms with van der Waals surface area (Å²) < 4.78 is 10.8. The minimum absolute atomic E-state index is 0.365. The SMILES string of the molecule is COC(=O)c1cc(CNCC(O)c2ccc(Cl)s2)oc1C. The summed E-state index contributed by atoms with van der Waals surface area (Å²) in [7, 11) is 1.33. The molecule has 0 saturated carbocycles. The van der Waals surface area contributed by atoms with Gasteiger partial charge in [-0.1, -0.05) is 11.6 Å². The third-order valence-electron chi connectivity index (χ3n) is 2.93. The first-order valence-corrected chi connectivity index (χ1v) is 7.52. The molecule has 0 fully saturated rings. The van der Waals surface area contributed by atoms with Gasteiger partial charge >= 0.3 is 5.97 Å². The van der Waals surface area contributed by atoms with Crippen LogP contribution in [0.4, 0.5) is 0 Å². The Labute approximate surface area is 131 Å². The fourth-order valence-electron chi connectivity index (χ4n) is 1.88. The highest BCUT2D eigenvalue weighted by molar-refractivity contribution is 7.16. The lowest BCUT2D eigenvalue weighted by Crippen LogP contribution is -2.20. The molecule has 0 bridgehead atoms. The van der Waals surface area contributed by atoms with Gasteiger partial charge in [0.05, 0.1) is 18.0 Å². The van der Waals surface area contributed by atoms with E-state index in [-0.39, 0.29) is 0 Å². The summed E-state index contributed by atoms with van der Waals surface area (Å²) in [6, 6.07) is 5.19. The number of halogens is 1. The second-order valence-electron chi connectivity index (χ2n) is 4.46. The summed E-state index contributed by atoms with van der Waals surface area (Å²) in [5.74, 6) is 0.712. The van der Waals surface area contributed by atoms with Crippen molar-refractivity contribution in [2.75, 3.05) is 13.7 Å². The molecule has 2 heterocycles. The Balaban J connectivity index is 1.87. The minimum Gasteiger partial charge on any atom is -0.465 e. The van der Waals surface area contributed by atoms with Crippen molar-refractivity contribution >= 4 is 28.9 Å². The number of carbonyl (C=O) groups excluding carboxylic acids is 1. The molecular weight excluding hydrogens is 314 g/mol. The van der Waals surface area contributed by atoms with E-state index < -0.39 is 12.1 Å². The van der Waals surface area contributed by atoms with Gasteiger partial charge in [0.2, 0.25) is 0 Å². The first-order chi connectivity index (χ1) is 10.0. The molecule has 1 unspecified atom stereocenters. The fraction of sp³-hybridized carbons (Fsp3) is 0.357. The van der Waals surface area contributed by atoms with E-state index in [1.54, 1.807) is 25.1 Å². The summed E-state index contributed by atoms with van der Waals surface area (Å²) in [4.78, 5) is 12.3. The predicted octanol–water partition coefficient (Wildman–Crippen LogP) is 2.91. The number of hydrogen-bond donors (Lipinski definition) is 2. The molecule has 114 valence electrons. The number of nitrogens with one attached hydrogen (secondary N) is 1. The van der Waals surface area contributed by atoms with E-state index in [2.05, 4.69) is 10.1 Å². The van der Waals surface area contributed by atoms with Gasteiger partial charge in [-0.3, -0.25) is 0 Å². The van der Waals surface area contributed by atoms with Crippen LogP contribution in [0, 0.1) is 6.92 Å². The van der Waals surface area contributed by atoms with E-state index in [9.17, 15) is 9.90 Å². The van der Waals surface area contributed by atoms with Gasteiger partial charge < -0.3 is 19.6 Å². The molecule has 2 N–H and O–H groups in total. The van der Waals surface area contributed by atoms with Crippen LogP contribution < -0.4 is 5.32 Å². The molecule has 2 rings (SSSR count). The summed E-state index contributed by atoms with van der Waals surface area (Å²) in [5, 5.41) is 13.1. The van der Waals surface area contributed by atoms with E-state index in [1.807, 2.05) is 0 Å². The monoisotopic (exact) mass is 329 g/mol. The van der Waals surface area contributed by atoms with Crippen LogP contribution in [0.25, 0.3) is 0 Å². The molecule has 2 aromatic rings. The lowest BCUT2D eigenvalue weighted by Gasteiger charge is -2.08. The normalized spacial score (nSPS) is 12.4. The number of thiophene rings is 1. The van der Waals surface area contributed by atoms with Crippen LogP contribution in [-0.4, -0.2) is 24.7 Å². The number of methoxy groups -OCH3 is 1. The number of ether oxygens (including phenoxy) is 1. The van der Waals surface area contributed by atoms with Crippen molar-refractivity contribution in [3.8, 4) is 0 Å². The molecule has 7 heteroatoms. The van der Waals surface area contributed by atoms with Crippen LogP contribution in [0.3, 0.4) is 0 Å². The Morgan fingerprint density at radius 1 is 1.57 bits per heavy atom. The largest absolute Gasteiger partial charge is 0.465 e. The van der Waals surface area contributed by atoms with Crippen LogP contribution in [0.5, 0.6) is 0 Å². The number of aryl methyl sites for hydroxylation is 1. The Bertz CT molecular complexity index is 622. The van der Waals surface area contributed by atoms with E-state index in [1.165, 1.54) is 18.4 Å². The molecule has 0 radical (unpaired) electrons. The summed E-state index contributed by atoms with van der Waals surface area (Å²) >= 11 is 7.17. The summed E-state index contributed by atoms with van der Waals surface area (Å²) in [5.41, 5.74) is 0.417. The number of aliphatic hydroxyl groups excluding tert-OH is 1. The van der Waals surface area contributed by atoms with Crippen LogP contribution >= 0.6 is 22.9 Å². The fourth-order valence-corrected chi connectivity index (χ4v) is 2.93. The third-order valence-corrected chi connectivity index (χ3v) is 4.27. The zero-order valence-corrected chi connectivity index (χ0v) is 13.3. The lowest BCUT2D eigenvalue weighted by atomic mass is 10.2. The maximum atomic E-state index is 11.5. The zero-order chi connectivity index (χ0) is 15.4. The second kappa shape index (κ2) is 7.09. The molecule has 0 spiro atoms. The van der Waals surface area contributed by atoms with Gasteiger partial charge in [-0.2, -0.15) is 0 Å². The number of carbonyl (C=O) groups is 1. The maximum Gasteiger partial charge on any atom is 0.341 e. The van der Waals surface area contributed by atoms with Crippen LogP contribution in [0.1, 0.15) is 32.9 Å². The van der Waals surface area contributed by atoms with Gasteiger partial charge in [-0.15, -0.1) is 11.3 Å². The van der Waals surface area contributed by atoms with Crippen molar-refractivity contribution in [1.29, 1.82) is 0 Å². The Morgan fingerprint density at radius 2 is 2.33 bits per heavy atom. The van der Waals surface area contributed by atoms with Crippen LogP contribution in [0.15, 0.2) is 22.6 Å². The summed E-state index contributed by atoms with van der Waals surface area (Å²) in [6.07, 6.45) is -0.626. The Hall–Kier alpha value is -1.34. The quantitative estimate of drug-likeness (QED) is 0.797. The molecule has 0 aliphatic carbocycles. The lowest BCUT2D eigenvalue weighted by molar-refractivity contribution is 0.0599. The van der Waals surface area contributed by atoms with Crippen LogP contribution in [-0.2, 0) is 11.3 Å². The number of furan rings is 1. The topological polar surface area (TPSA) is 71.7 Å². The Morgan fingerprint density at radius 3 is 2.95 bits per heavy atom. The molecule has 21 heavy (non-hydrogen) atoms. The third kappa shape index (κ3) is 4.07. The van der Waals surface area contributed by atoms with Crippen molar-refractivity contribution in [3.63, 3.8) is 0 Å². The smallest absolute Gasteiger partial charge is 0.341 e. The number of rotatable bonds is 6. The average molecular weight is 330 g/mol. The summed E-state index contributed by atoms with van der Waals surface area (Å²) in [6.45, 7) is 2.48. The zero-order valence-electron chi connectivity index (χ0n) is 11.7. The predicted molar refractivity (Wildman–Crippen MR) is 80.8 cm³/mol. The van der Waals surface area contributed by atoms with Gasteiger partial charge in [0.1, 0.15) is 23.2 Å². The van der Waals surface area contributed by atoms with Crippen LogP contribution in [0.2, 0.25) is 4.34 Å². The van der Waals surface area contributed by atoms with Crippen molar-refractivity contribution in [2.45, 2.75) is 19.6 Å². The molecule has 1 atom stereocenters. The highest BCUT2D eigenvalue weighted by Crippen LogP contribution is 2.26. The molecule has 0 amide bonds. The van der Waals surface area contributed by atoms with Gasteiger partial charge in [-0.05, 0) is 25.1 Å². The molecule has 0 aromatic carbocycles. The molecule has 0 saturated heterocycles. The van der Waals surface area contributed by atoms with E-state index in [0.29, 0.717) is 34.5 Å². The average Bonchev–Trinajstić information content (AvgIpc) is 3.04. The Kier molecular flexibility index (Phi) is 5.41. The van der Waals surface area contributed by atoms with Crippen molar-refractivity contribution in [1.82, 2.24) is 5.32 Å². The molecule has 0 aliphatic heterocycles. The highest BCUT2D eigenvalue weighted by Gasteiger charge is 2.15. The van der Waals surface area contributed by atoms with Crippen molar-refractivity contribution < 1.29 is 19.1 Å². The minimum atomic E-state index is -0.626. The van der Waals surface area contributed by atoms with Gasteiger partial charge in [-0.25, -0.2) is 4.79 Å². The van der Waals surface area contributed by atoms with Gasteiger partial charge in [0, 0.05) is 11.4 Å². The van der Waals surface area contributed by atoms with E-state index >= 15 is 0 Å². The van der Waals surface area contributed by atoms with E-state index in [0.717, 1.165) is 4.88 Å². The second-order valence-corrected chi connectivity index (χ2v) is 6.21. The number of aliphatic hydroxyl groups is 1. The number of hydrogen-bond acceptors (Lipinski definition) is 6. The highest BCUT2D eigenvalue weighted by atomic mass is 35.5. The molecule has 2 aromatic heterocycles. The maximum absolute atomic E-state index is 11.5. The molecule has 5 nitrogen and oxygen atoms in total. The molecular formula is C14H16ClNO4S. The standard InChI is InChI=1S/C14H16ClNO4S/c1-8-10(14(18)19-2)5-9(20-8)6-16-7-11(17)12-3-4-13(15)21-12/h3-5,11,16-17H,6-7H2,1-2H3. The van der Waals surface area contributed by atoms with E-state index in [4.69, 9.17) is 16.0 Å². The van der Waals surface area contributed by atoms with Crippen molar-refractivity contribution in [2.24, 2.45) is 0 Å². The molecule has 0 aliphatic rings. The van der Waals surface area contributed by atoms with Gasteiger partial charge in [0.25, 0.3) is 0 Å². The first kappa shape index (κ1) is 16.0. The van der Waals surface area contributed by atoms with Crippen molar-refractivity contribution in [3.05, 3.63) is 44.5 Å².